The molecule has 3 nitrogen and oxygen atoms in total. The molecule has 1 aromatic rings. The molecule has 124 valence electrons. The van der Waals surface area contributed by atoms with Gasteiger partial charge in [-0.2, -0.15) is 0 Å². The average molecular weight is 305 g/mol. The molecule has 1 heterocycles. The third-order valence-electron chi connectivity index (χ3n) is 4.22. The summed E-state index contributed by atoms with van der Waals surface area (Å²) in [7, 11) is 0. The number of ether oxygens (including phenoxy) is 1. The monoisotopic (exact) mass is 305 g/mol. The molecule has 22 heavy (non-hydrogen) atoms. The highest BCUT2D eigenvalue weighted by Gasteiger charge is 2.24. The Balaban J connectivity index is 3.21. The summed E-state index contributed by atoms with van der Waals surface area (Å²) in [6.45, 7) is 16.5. The van der Waals surface area contributed by atoms with Gasteiger partial charge in [0.2, 0.25) is 0 Å². The molecule has 0 spiro atoms. The number of esters is 1. The molecule has 0 radical (unpaired) electrons. The SMILES string of the molecule is CCC(C)(C)OC(=O)Cc1c(C(C)C)cnc(C)c1C(C)C. The summed E-state index contributed by atoms with van der Waals surface area (Å²) in [5.41, 5.74) is 4.05. The lowest BCUT2D eigenvalue weighted by atomic mass is 9.87. The first-order valence-corrected chi connectivity index (χ1v) is 8.29. The van der Waals surface area contributed by atoms with Crippen molar-refractivity contribution in [3.05, 3.63) is 28.6 Å². The first kappa shape index (κ1) is 18.7. The highest BCUT2D eigenvalue weighted by molar-refractivity contribution is 5.74. The predicted molar refractivity (Wildman–Crippen MR) is 91.3 cm³/mol. The summed E-state index contributed by atoms with van der Waals surface area (Å²) < 4.78 is 5.64. The molecule has 0 amide bonds. The average Bonchev–Trinajstić information content (AvgIpc) is 2.37. The van der Waals surface area contributed by atoms with Crippen molar-refractivity contribution in [3.8, 4) is 0 Å². The van der Waals surface area contributed by atoms with Gasteiger partial charge in [0.15, 0.2) is 0 Å². The van der Waals surface area contributed by atoms with Crippen LogP contribution in [0.1, 0.15) is 89.1 Å². The number of hydrogen-bond acceptors (Lipinski definition) is 3. The van der Waals surface area contributed by atoms with Crippen molar-refractivity contribution in [1.82, 2.24) is 4.98 Å². The Kier molecular flexibility index (Phi) is 6.16. The van der Waals surface area contributed by atoms with Crippen molar-refractivity contribution in [1.29, 1.82) is 0 Å². The van der Waals surface area contributed by atoms with Crippen molar-refractivity contribution < 1.29 is 9.53 Å². The van der Waals surface area contributed by atoms with E-state index in [0.717, 1.165) is 23.2 Å². The molecule has 0 N–H and O–H groups in total. The molecule has 0 bridgehead atoms. The van der Waals surface area contributed by atoms with Gasteiger partial charge >= 0.3 is 5.97 Å². The lowest BCUT2D eigenvalue weighted by Gasteiger charge is -2.25. The molecule has 0 unspecified atom stereocenters. The van der Waals surface area contributed by atoms with E-state index >= 15 is 0 Å². The number of aromatic nitrogens is 1. The molecule has 3 heteroatoms. The minimum Gasteiger partial charge on any atom is -0.459 e. The van der Waals surface area contributed by atoms with E-state index in [1.54, 1.807) is 0 Å². The van der Waals surface area contributed by atoms with Gasteiger partial charge in [0.05, 0.1) is 6.42 Å². The fraction of sp³-hybridized carbons (Fsp3) is 0.684. The van der Waals surface area contributed by atoms with Crippen LogP contribution in [0.3, 0.4) is 0 Å². The molecule has 0 atom stereocenters. The van der Waals surface area contributed by atoms with Gasteiger partial charge < -0.3 is 4.74 Å². The molecule has 0 aliphatic carbocycles. The lowest BCUT2D eigenvalue weighted by molar-refractivity contribution is -0.155. The predicted octanol–water partition coefficient (Wildman–Crippen LogP) is 4.91. The van der Waals surface area contributed by atoms with Gasteiger partial charge in [-0.1, -0.05) is 34.6 Å². The minimum absolute atomic E-state index is 0.152. The molecule has 1 rings (SSSR count). The molecule has 1 aromatic heterocycles. The fourth-order valence-electron chi connectivity index (χ4n) is 2.71. The van der Waals surface area contributed by atoms with Crippen LogP contribution in [0.25, 0.3) is 0 Å². The van der Waals surface area contributed by atoms with E-state index in [2.05, 4.69) is 32.7 Å². The van der Waals surface area contributed by atoms with E-state index in [-0.39, 0.29) is 5.97 Å². The van der Waals surface area contributed by atoms with Crippen LogP contribution in [0.2, 0.25) is 0 Å². The lowest BCUT2D eigenvalue weighted by Crippen LogP contribution is -2.28. The minimum atomic E-state index is -0.408. The van der Waals surface area contributed by atoms with E-state index < -0.39 is 5.60 Å². The number of nitrogens with zero attached hydrogens (tertiary/aromatic N) is 1. The molecule has 0 aromatic carbocycles. The van der Waals surface area contributed by atoms with Crippen LogP contribution in [0.15, 0.2) is 6.20 Å². The summed E-state index contributed by atoms with van der Waals surface area (Å²) >= 11 is 0. The van der Waals surface area contributed by atoms with E-state index in [4.69, 9.17) is 4.74 Å². The van der Waals surface area contributed by atoms with Gasteiger partial charge in [-0.3, -0.25) is 9.78 Å². The standard InChI is InChI=1S/C19H31NO2/c1-9-19(7,8)22-17(21)10-15-16(12(2)3)11-20-14(6)18(15)13(4)5/h11-13H,9-10H2,1-8H3. The maximum Gasteiger partial charge on any atom is 0.310 e. The van der Waals surface area contributed by atoms with Crippen LogP contribution in [0.5, 0.6) is 0 Å². The number of rotatable bonds is 6. The van der Waals surface area contributed by atoms with Crippen LogP contribution < -0.4 is 0 Å². The Hall–Kier alpha value is -1.38. The zero-order valence-electron chi connectivity index (χ0n) is 15.4. The normalized spacial score (nSPS) is 12.1. The van der Waals surface area contributed by atoms with Gasteiger partial charge in [0.25, 0.3) is 0 Å². The van der Waals surface area contributed by atoms with Gasteiger partial charge in [-0.15, -0.1) is 0 Å². The maximum atomic E-state index is 12.4. The quantitative estimate of drug-likeness (QED) is 0.701. The third-order valence-corrected chi connectivity index (χ3v) is 4.22. The molecule has 0 aliphatic rings. The van der Waals surface area contributed by atoms with E-state index in [1.165, 1.54) is 5.56 Å². The van der Waals surface area contributed by atoms with Gasteiger partial charge in [0, 0.05) is 11.9 Å². The third kappa shape index (κ3) is 4.56. The van der Waals surface area contributed by atoms with Crippen LogP contribution in [-0.2, 0) is 16.0 Å². The summed E-state index contributed by atoms with van der Waals surface area (Å²) in [5.74, 6) is 0.530. The summed E-state index contributed by atoms with van der Waals surface area (Å²) in [5, 5.41) is 0. The molecular weight excluding hydrogens is 274 g/mol. The van der Waals surface area contributed by atoms with E-state index in [9.17, 15) is 4.79 Å². The Morgan fingerprint density at radius 1 is 1.23 bits per heavy atom. The first-order valence-electron chi connectivity index (χ1n) is 8.29. The van der Waals surface area contributed by atoms with Crippen molar-refractivity contribution >= 4 is 5.97 Å². The highest BCUT2D eigenvalue weighted by atomic mass is 16.6. The van der Waals surface area contributed by atoms with Crippen molar-refractivity contribution in [2.75, 3.05) is 0 Å². The number of pyridine rings is 1. The van der Waals surface area contributed by atoms with E-state index in [0.29, 0.717) is 18.3 Å². The van der Waals surface area contributed by atoms with Crippen LogP contribution in [-0.4, -0.2) is 16.6 Å². The number of hydrogen-bond donors (Lipinski definition) is 0. The smallest absolute Gasteiger partial charge is 0.310 e. The molecule has 0 saturated carbocycles. The second-order valence-electron chi connectivity index (χ2n) is 7.26. The van der Waals surface area contributed by atoms with Crippen LogP contribution >= 0.6 is 0 Å². The Morgan fingerprint density at radius 3 is 2.27 bits per heavy atom. The summed E-state index contributed by atoms with van der Waals surface area (Å²) in [6, 6.07) is 0. The Labute approximate surface area is 135 Å². The number of carbonyl (C=O) groups is 1. The van der Waals surface area contributed by atoms with Gasteiger partial charge in [-0.05, 0) is 55.7 Å². The zero-order chi connectivity index (χ0) is 17.1. The Bertz CT molecular complexity index is 530. The molecule has 0 saturated heterocycles. The summed E-state index contributed by atoms with van der Waals surface area (Å²) in [4.78, 5) is 16.9. The van der Waals surface area contributed by atoms with E-state index in [1.807, 2.05) is 33.9 Å². The maximum absolute atomic E-state index is 12.4. The highest BCUT2D eigenvalue weighted by Crippen LogP contribution is 2.30. The summed E-state index contributed by atoms with van der Waals surface area (Å²) in [6.07, 6.45) is 3.05. The van der Waals surface area contributed by atoms with Crippen LogP contribution in [0.4, 0.5) is 0 Å². The molecular formula is C19H31NO2. The fourth-order valence-corrected chi connectivity index (χ4v) is 2.71. The first-order chi connectivity index (χ1) is 10.1. The van der Waals surface area contributed by atoms with Crippen molar-refractivity contribution in [2.24, 2.45) is 0 Å². The largest absolute Gasteiger partial charge is 0.459 e. The topological polar surface area (TPSA) is 39.2 Å². The molecule has 0 aliphatic heterocycles. The van der Waals surface area contributed by atoms with Gasteiger partial charge in [-0.25, -0.2) is 0 Å². The Morgan fingerprint density at radius 2 is 1.82 bits per heavy atom. The van der Waals surface area contributed by atoms with Crippen molar-refractivity contribution in [3.63, 3.8) is 0 Å². The van der Waals surface area contributed by atoms with Crippen LogP contribution in [0, 0.1) is 6.92 Å². The second-order valence-corrected chi connectivity index (χ2v) is 7.26. The number of carbonyl (C=O) groups excluding carboxylic acids is 1. The zero-order valence-corrected chi connectivity index (χ0v) is 15.4. The number of aryl methyl sites for hydroxylation is 1. The van der Waals surface area contributed by atoms with Gasteiger partial charge in [0.1, 0.15) is 5.60 Å². The molecule has 0 fully saturated rings. The van der Waals surface area contributed by atoms with Crippen molar-refractivity contribution in [2.45, 2.75) is 85.7 Å². The second kappa shape index (κ2) is 7.26.